The molecule has 5 nitrogen and oxygen atoms in total. The van der Waals surface area contributed by atoms with Crippen LogP contribution in [0.1, 0.15) is 46.1 Å². The van der Waals surface area contributed by atoms with Crippen molar-refractivity contribution in [2.24, 2.45) is 0 Å². The average Bonchev–Trinajstić information content (AvgIpc) is 3.00. The molecule has 32 heavy (non-hydrogen) atoms. The highest BCUT2D eigenvalue weighted by atomic mass is 19.1. The van der Waals surface area contributed by atoms with Gasteiger partial charge in [-0.2, -0.15) is 0 Å². The molecule has 2 aromatic rings. The molecule has 2 aliphatic heterocycles. The quantitative estimate of drug-likeness (QED) is 0.555. The second-order valence-electron chi connectivity index (χ2n) is 9.97. The number of carbonyl (C=O) groups is 1. The summed E-state index contributed by atoms with van der Waals surface area (Å²) in [7, 11) is 2.14. The molecule has 0 aliphatic carbocycles. The molecular weight excluding hydrogens is 410 g/mol. The zero-order valence-corrected chi connectivity index (χ0v) is 19.1. The Morgan fingerprint density at radius 2 is 1.75 bits per heavy atom. The van der Waals surface area contributed by atoms with Crippen LogP contribution in [-0.4, -0.2) is 35.0 Å². The van der Waals surface area contributed by atoms with Crippen LogP contribution in [0.5, 0.6) is 0 Å². The highest BCUT2D eigenvalue weighted by Crippen LogP contribution is 2.38. The first-order chi connectivity index (χ1) is 15.0. The van der Waals surface area contributed by atoms with E-state index in [1.165, 1.54) is 24.4 Å². The Hall–Kier alpha value is -2.93. The summed E-state index contributed by atoms with van der Waals surface area (Å²) in [5.41, 5.74) is 2.40. The van der Waals surface area contributed by atoms with Gasteiger partial charge in [0.2, 0.25) is 0 Å². The molecule has 1 saturated heterocycles. The van der Waals surface area contributed by atoms with Gasteiger partial charge in [0, 0.05) is 34.6 Å². The Bertz CT molecular complexity index is 1080. The summed E-state index contributed by atoms with van der Waals surface area (Å²) in [6, 6.07) is 9.18. The van der Waals surface area contributed by atoms with Gasteiger partial charge in [-0.3, -0.25) is 9.69 Å². The number of rotatable bonds is 4. The third-order valence-corrected chi connectivity index (χ3v) is 6.78. The molecule has 4 rings (SSSR count). The molecule has 2 heterocycles. The molecule has 1 fully saturated rings. The van der Waals surface area contributed by atoms with E-state index in [1.807, 2.05) is 0 Å². The lowest BCUT2D eigenvalue weighted by Crippen LogP contribution is -2.61. The number of hydrogen-bond donors (Lipinski definition) is 3. The molecule has 170 valence electrons. The molecule has 0 bridgehead atoms. The third kappa shape index (κ3) is 4.21. The SMILES string of the molecule is CN1C(C)(C)CC(Nc2ccc(N/C=C3\C(=O)Nc4cc(F)ccc43)cc2F)CC1(C)C. The number of benzene rings is 2. The van der Waals surface area contributed by atoms with Crippen molar-refractivity contribution >= 4 is 28.5 Å². The summed E-state index contributed by atoms with van der Waals surface area (Å²) in [5, 5.41) is 9.00. The maximum Gasteiger partial charge on any atom is 0.257 e. The van der Waals surface area contributed by atoms with Gasteiger partial charge in [-0.05, 0) is 84.0 Å². The van der Waals surface area contributed by atoms with Gasteiger partial charge in [-0.1, -0.05) is 0 Å². The second kappa shape index (κ2) is 7.89. The number of hydrogen-bond acceptors (Lipinski definition) is 4. The number of piperidine rings is 1. The van der Waals surface area contributed by atoms with Crippen LogP contribution in [0.4, 0.5) is 25.8 Å². The van der Waals surface area contributed by atoms with Crippen LogP contribution in [0.15, 0.2) is 42.6 Å². The molecule has 0 unspecified atom stereocenters. The first kappa shape index (κ1) is 22.3. The largest absolute Gasteiger partial charge is 0.380 e. The Morgan fingerprint density at radius 1 is 1.06 bits per heavy atom. The van der Waals surface area contributed by atoms with Crippen molar-refractivity contribution in [1.29, 1.82) is 0 Å². The van der Waals surface area contributed by atoms with Gasteiger partial charge in [0.25, 0.3) is 5.91 Å². The third-order valence-electron chi connectivity index (χ3n) is 6.78. The summed E-state index contributed by atoms with van der Waals surface area (Å²) < 4.78 is 28.3. The zero-order chi connectivity index (χ0) is 23.3. The summed E-state index contributed by atoms with van der Waals surface area (Å²) >= 11 is 0. The number of amides is 1. The second-order valence-corrected chi connectivity index (χ2v) is 9.97. The number of nitrogens with zero attached hydrogens (tertiary/aromatic N) is 1. The molecule has 0 spiro atoms. The van der Waals surface area contributed by atoms with Crippen molar-refractivity contribution in [3.05, 3.63) is 59.8 Å². The van der Waals surface area contributed by atoms with E-state index in [1.54, 1.807) is 18.2 Å². The van der Waals surface area contributed by atoms with Crippen molar-refractivity contribution in [3.63, 3.8) is 0 Å². The van der Waals surface area contributed by atoms with Crippen LogP contribution < -0.4 is 16.0 Å². The van der Waals surface area contributed by atoms with Crippen molar-refractivity contribution in [2.75, 3.05) is 23.0 Å². The van der Waals surface area contributed by atoms with Gasteiger partial charge in [-0.25, -0.2) is 8.78 Å². The predicted molar refractivity (Wildman–Crippen MR) is 126 cm³/mol. The Labute approximate surface area is 187 Å². The maximum absolute atomic E-state index is 14.9. The average molecular weight is 441 g/mol. The standard InChI is InChI=1S/C25H30F2N4O/c1-24(2)12-17(13-25(3,4)31(24)5)29-21-9-7-16(11-20(21)27)28-14-19-18-8-6-15(26)10-22(18)30-23(19)32/h6-11,14,17,28-29H,12-13H2,1-5H3,(H,30,32)/b19-14-. The van der Waals surface area contributed by atoms with Crippen LogP contribution in [0.2, 0.25) is 0 Å². The minimum Gasteiger partial charge on any atom is -0.380 e. The number of carbonyl (C=O) groups excluding carboxylic acids is 1. The molecule has 0 saturated carbocycles. The van der Waals surface area contributed by atoms with Crippen LogP contribution >= 0.6 is 0 Å². The van der Waals surface area contributed by atoms with Crippen LogP contribution in [0.25, 0.3) is 5.57 Å². The fourth-order valence-electron chi connectivity index (χ4n) is 4.88. The Balaban J connectivity index is 1.48. The highest BCUT2D eigenvalue weighted by molar-refractivity contribution is 6.31. The molecule has 0 radical (unpaired) electrons. The first-order valence-corrected chi connectivity index (χ1v) is 10.8. The van der Waals surface area contributed by atoms with Gasteiger partial charge in [0.1, 0.15) is 11.6 Å². The molecule has 0 aromatic heterocycles. The van der Waals surface area contributed by atoms with E-state index in [0.717, 1.165) is 12.8 Å². The fraction of sp³-hybridized carbons (Fsp3) is 0.400. The maximum atomic E-state index is 14.9. The van der Waals surface area contributed by atoms with Crippen molar-refractivity contribution in [3.8, 4) is 0 Å². The summed E-state index contributed by atoms with van der Waals surface area (Å²) in [4.78, 5) is 14.6. The molecule has 0 atom stereocenters. The lowest BCUT2D eigenvalue weighted by Gasteiger charge is -2.53. The van der Waals surface area contributed by atoms with E-state index in [9.17, 15) is 13.6 Å². The number of nitrogens with one attached hydrogen (secondary N) is 3. The molecular formula is C25H30F2N4O. The number of likely N-dealkylation sites (tertiary alicyclic amines) is 1. The zero-order valence-electron chi connectivity index (χ0n) is 19.1. The molecule has 3 N–H and O–H groups in total. The summed E-state index contributed by atoms with van der Waals surface area (Å²) in [6.07, 6.45) is 3.34. The van der Waals surface area contributed by atoms with E-state index >= 15 is 0 Å². The normalized spacial score (nSPS) is 21.3. The van der Waals surface area contributed by atoms with Crippen LogP contribution in [-0.2, 0) is 4.79 Å². The van der Waals surface area contributed by atoms with E-state index in [-0.39, 0.29) is 28.8 Å². The van der Waals surface area contributed by atoms with Gasteiger partial charge >= 0.3 is 0 Å². The van der Waals surface area contributed by atoms with E-state index < -0.39 is 5.82 Å². The minimum atomic E-state index is -0.417. The predicted octanol–water partition coefficient (Wildman–Crippen LogP) is 5.43. The van der Waals surface area contributed by atoms with Crippen LogP contribution in [0.3, 0.4) is 0 Å². The summed E-state index contributed by atoms with van der Waals surface area (Å²) in [5.74, 6) is -1.11. The van der Waals surface area contributed by atoms with Gasteiger partial charge in [-0.15, -0.1) is 0 Å². The smallest absolute Gasteiger partial charge is 0.257 e. The van der Waals surface area contributed by atoms with E-state index in [4.69, 9.17) is 0 Å². The summed E-state index contributed by atoms with van der Waals surface area (Å²) in [6.45, 7) is 8.85. The van der Waals surface area contributed by atoms with E-state index in [2.05, 4.69) is 55.6 Å². The number of anilines is 3. The Kier molecular flexibility index (Phi) is 5.49. The lowest BCUT2D eigenvalue weighted by molar-refractivity contribution is -0.110. The van der Waals surface area contributed by atoms with Crippen molar-refractivity contribution < 1.29 is 13.6 Å². The fourth-order valence-corrected chi connectivity index (χ4v) is 4.88. The minimum absolute atomic E-state index is 0.00460. The lowest BCUT2D eigenvalue weighted by atomic mass is 9.77. The van der Waals surface area contributed by atoms with E-state index in [0.29, 0.717) is 28.2 Å². The topological polar surface area (TPSA) is 56.4 Å². The number of halogens is 2. The first-order valence-electron chi connectivity index (χ1n) is 10.8. The Morgan fingerprint density at radius 3 is 2.41 bits per heavy atom. The van der Waals surface area contributed by atoms with Crippen molar-refractivity contribution in [1.82, 2.24) is 4.90 Å². The van der Waals surface area contributed by atoms with Gasteiger partial charge in [0.05, 0.1) is 16.9 Å². The van der Waals surface area contributed by atoms with Gasteiger partial charge in [0.15, 0.2) is 0 Å². The highest BCUT2D eigenvalue weighted by Gasteiger charge is 2.43. The monoisotopic (exact) mass is 440 g/mol. The molecule has 7 heteroatoms. The molecule has 2 aromatic carbocycles. The van der Waals surface area contributed by atoms with Crippen molar-refractivity contribution in [2.45, 2.75) is 57.7 Å². The van der Waals surface area contributed by atoms with Gasteiger partial charge < -0.3 is 16.0 Å². The van der Waals surface area contributed by atoms with Crippen LogP contribution in [0, 0.1) is 11.6 Å². The molecule has 2 aliphatic rings. The number of fused-ring (bicyclic) bond motifs is 1. The molecule has 1 amide bonds.